The average molecular weight is 248 g/mol. The number of rotatable bonds is 0. The Morgan fingerprint density at radius 2 is 0.900 bits per heavy atom. The van der Waals surface area contributed by atoms with Crippen molar-refractivity contribution in [2.24, 2.45) is 0 Å². The van der Waals surface area contributed by atoms with Crippen molar-refractivity contribution in [3.8, 4) is 0 Å². The molecule has 0 aromatic carbocycles. The van der Waals surface area contributed by atoms with Crippen LogP contribution in [0.4, 0.5) is 0 Å². The molecule has 0 aliphatic carbocycles. The molecule has 0 N–H and O–H groups in total. The van der Waals surface area contributed by atoms with Crippen molar-refractivity contribution in [2.75, 3.05) is 0 Å². The van der Waals surface area contributed by atoms with Crippen LogP contribution in [0.2, 0.25) is 11.8 Å². The second kappa shape index (κ2) is 3.04. The van der Waals surface area contributed by atoms with Gasteiger partial charge < -0.3 is 0 Å². The summed E-state index contributed by atoms with van der Waals surface area (Å²) in [4.78, 5) is 2.53. The van der Waals surface area contributed by atoms with E-state index < -0.39 is 19.8 Å². The first-order valence-electron chi connectivity index (χ1n) is 4.00. The second-order valence-corrected chi connectivity index (χ2v) is 17.3. The monoisotopic (exact) mass is 249 g/mol. The SMILES string of the molecule is [CH3][Sn+]([C](C)(C)C)[C](C)(C)C. The molecule has 0 spiro atoms. The van der Waals surface area contributed by atoms with E-state index >= 15 is 0 Å². The molecule has 1 heteroatoms. The fourth-order valence-electron chi connectivity index (χ4n) is 1.12. The van der Waals surface area contributed by atoms with Gasteiger partial charge in [0.25, 0.3) is 0 Å². The molecule has 0 aromatic rings. The maximum absolute atomic E-state index is 2.53. The van der Waals surface area contributed by atoms with Crippen LogP contribution in [-0.4, -0.2) is 19.8 Å². The van der Waals surface area contributed by atoms with E-state index in [4.69, 9.17) is 0 Å². The van der Waals surface area contributed by atoms with Crippen LogP contribution < -0.4 is 0 Å². The molecule has 0 bridgehead atoms. The van der Waals surface area contributed by atoms with Gasteiger partial charge in [0.05, 0.1) is 0 Å². The molecular weight excluding hydrogens is 227 g/mol. The average Bonchev–Trinajstić information content (AvgIpc) is 1.59. The van der Waals surface area contributed by atoms with Crippen LogP contribution in [0.5, 0.6) is 0 Å². The van der Waals surface area contributed by atoms with Crippen molar-refractivity contribution in [1.29, 1.82) is 0 Å². The van der Waals surface area contributed by atoms with E-state index in [0.29, 0.717) is 6.86 Å². The Morgan fingerprint density at radius 1 is 0.700 bits per heavy atom. The molecule has 0 rings (SSSR count). The normalized spacial score (nSPS) is 13.5. The fraction of sp³-hybridized carbons (Fsp3) is 1.00. The first-order chi connectivity index (χ1) is 4.15. The van der Waals surface area contributed by atoms with Crippen molar-refractivity contribution < 1.29 is 0 Å². The molecule has 0 amide bonds. The zero-order valence-electron chi connectivity index (χ0n) is 8.50. The number of hydrogen-bond donors (Lipinski definition) is 0. The van der Waals surface area contributed by atoms with Crippen LogP contribution in [-0.2, 0) is 0 Å². The molecule has 0 atom stereocenters. The Bertz CT molecular complexity index is 88.9. The van der Waals surface area contributed by atoms with Crippen LogP contribution in [0.25, 0.3) is 0 Å². The molecule has 0 fully saturated rings. The van der Waals surface area contributed by atoms with Crippen LogP contribution in [0.3, 0.4) is 0 Å². The minimum atomic E-state index is -1.14. The van der Waals surface area contributed by atoms with E-state index in [1.165, 1.54) is 0 Å². The van der Waals surface area contributed by atoms with Crippen LogP contribution in [0.15, 0.2) is 0 Å². The van der Waals surface area contributed by atoms with Crippen LogP contribution in [0, 0.1) is 0 Å². The van der Waals surface area contributed by atoms with E-state index in [9.17, 15) is 0 Å². The molecule has 0 saturated heterocycles. The molecule has 0 aliphatic rings. The van der Waals surface area contributed by atoms with Gasteiger partial charge in [-0.2, -0.15) is 0 Å². The molecule has 0 unspecified atom stereocenters. The molecule has 0 aliphatic heterocycles. The summed E-state index contributed by atoms with van der Waals surface area (Å²) >= 11 is -1.14. The molecule has 10 heavy (non-hydrogen) atoms. The van der Waals surface area contributed by atoms with Gasteiger partial charge in [-0.15, -0.1) is 0 Å². The zero-order valence-corrected chi connectivity index (χ0v) is 11.4. The van der Waals surface area contributed by atoms with Gasteiger partial charge in [0.2, 0.25) is 0 Å². The fourth-order valence-corrected chi connectivity index (χ4v) is 7.55. The maximum atomic E-state index is 2.53. The van der Waals surface area contributed by atoms with Gasteiger partial charge in [0.1, 0.15) is 0 Å². The molecular formula is C9H21Sn+. The van der Waals surface area contributed by atoms with E-state index in [-0.39, 0.29) is 0 Å². The topological polar surface area (TPSA) is 0 Å². The predicted molar refractivity (Wildman–Crippen MR) is 51.0 cm³/mol. The van der Waals surface area contributed by atoms with Gasteiger partial charge >= 0.3 is 73.1 Å². The molecule has 60 valence electrons. The summed E-state index contributed by atoms with van der Waals surface area (Å²) < 4.78 is 1.28. The molecule has 0 aromatic heterocycles. The summed E-state index contributed by atoms with van der Waals surface area (Å²) in [6.45, 7) is 14.4. The summed E-state index contributed by atoms with van der Waals surface area (Å²) in [6, 6.07) is 0. The summed E-state index contributed by atoms with van der Waals surface area (Å²) in [5, 5.41) is 0. The standard InChI is InChI=1S/2C4H9.CH3.Sn/c2*1-4(2)3;;/h2*1-3H3;1H3;/q;;;+1. The van der Waals surface area contributed by atoms with E-state index in [2.05, 4.69) is 46.5 Å². The Hall–Kier alpha value is 0.799. The summed E-state index contributed by atoms with van der Waals surface area (Å²) in [5.74, 6) is 0. The van der Waals surface area contributed by atoms with Crippen molar-refractivity contribution in [2.45, 2.75) is 53.3 Å². The molecule has 0 radical (unpaired) electrons. The van der Waals surface area contributed by atoms with Gasteiger partial charge in [-0.3, -0.25) is 0 Å². The first kappa shape index (κ1) is 10.8. The third kappa shape index (κ3) is 3.27. The predicted octanol–water partition coefficient (Wildman–Crippen LogP) is 3.71. The van der Waals surface area contributed by atoms with E-state index in [1.807, 2.05) is 0 Å². The van der Waals surface area contributed by atoms with Gasteiger partial charge in [-0.05, 0) is 0 Å². The van der Waals surface area contributed by atoms with Gasteiger partial charge in [-0.1, -0.05) is 0 Å². The van der Waals surface area contributed by atoms with Crippen molar-refractivity contribution in [3.63, 3.8) is 0 Å². The van der Waals surface area contributed by atoms with Gasteiger partial charge in [0.15, 0.2) is 0 Å². The van der Waals surface area contributed by atoms with Crippen LogP contribution in [0.1, 0.15) is 41.5 Å². The van der Waals surface area contributed by atoms with Crippen molar-refractivity contribution >= 4 is 19.8 Å². The van der Waals surface area contributed by atoms with Crippen LogP contribution >= 0.6 is 0 Å². The molecule has 0 nitrogen and oxygen atoms in total. The quantitative estimate of drug-likeness (QED) is 0.573. The summed E-state index contributed by atoms with van der Waals surface area (Å²) in [7, 11) is 0. The first-order valence-corrected chi connectivity index (χ1v) is 9.71. The third-order valence-corrected chi connectivity index (χ3v) is 15.1. The summed E-state index contributed by atoms with van der Waals surface area (Å²) in [5.41, 5.74) is 0. The Kier molecular flexibility index (Phi) is 3.28. The molecule has 0 saturated carbocycles. The molecule has 0 heterocycles. The van der Waals surface area contributed by atoms with Crippen molar-refractivity contribution in [1.82, 2.24) is 0 Å². The second-order valence-electron chi connectivity index (χ2n) is 5.12. The third-order valence-electron chi connectivity index (χ3n) is 2.25. The number of hydrogen-bond acceptors (Lipinski definition) is 0. The van der Waals surface area contributed by atoms with E-state index in [1.54, 1.807) is 0 Å². The Morgan fingerprint density at radius 3 is 0.900 bits per heavy atom. The Labute approximate surface area is 73.1 Å². The van der Waals surface area contributed by atoms with Gasteiger partial charge in [-0.25, -0.2) is 0 Å². The summed E-state index contributed by atoms with van der Waals surface area (Å²) in [6.07, 6.45) is 0. The van der Waals surface area contributed by atoms with Gasteiger partial charge in [0, 0.05) is 0 Å². The van der Waals surface area contributed by atoms with E-state index in [0.717, 1.165) is 0 Å². The zero-order chi connectivity index (χ0) is 8.58. The minimum absolute atomic E-state index is 0.639. The Balaban J connectivity index is 4.23. The van der Waals surface area contributed by atoms with Crippen molar-refractivity contribution in [3.05, 3.63) is 0 Å².